The van der Waals surface area contributed by atoms with Gasteiger partial charge in [-0.15, -0.1) is 0 Å². The first kappa shape index (κ1) is 17.0. The molecular weight excluding hydrogens is 352 g/mol. The number of nitrogens with one attached hydrogen (secondary N) is 2. The summed E-state index contributed by atoms with van der Waals surface area (Å²) in [6.45, 7) is 2.55. The lowest BCUT2D eigenvalue weighted by Crippen LogP contribution is -2.35. The zero-order chi connectivity index (χ0) is 17.9. The van der Waals surface area contributed by atoms with Gasteiger partial charge in [0, 0.05) is 25.1 Å². The molecular formula is C19H21ClN4O2. The third-order valence-electron chi connectivity index (χ3n) is 4.74. The summed E-state index contributed by atoms with van der Waals surface area (Å²) >= 11 is 6.19. The maximum absolute atomic E-state index is 12.5. The second-order valence-corrected chi connectivity index (χ2v) is 6.93. The molecule has 2 aliphatic rings. The molecule has 3 heterocycles. The standard InChI is InChI=1S/C19H21ClN4O2/c20-14-6-3-5-13-15(9-12-26-18(13)14)21-19(25)23-16-7-4-8-17(22-16)24-10-1-2-11-24/h3-8,15H,1-2,9-12H2,(H2,21,22,23,25)/t15-/m0/s1. The number of halogens is 1. The van der Waals surface area contributed by atoms with Crippen LogP contribution in [0.2, 0.25) is 5.02 Å². The Labute approximate surface area is 157 Å². The Morgan fingerprint density at radius 2 is 2.00 bits per heavy atom. The van der Waals surface area contributed by atoms with Gasteiger partial charge in [-0.3, -0.25) is 5.32 Å². The van der Waals surface area contributed by atoms with Gasteiger partial charge >= 0.3 is 6.03 Å². The van der Waals surface area contributed by atoms with Crippen molar-refractivity contribution in [3.05, 3.63) is 47.0 Å². The Kier molecular flexibility index (Phi) is 4.84. The molecule has 7 heteroatoms. The van der Waals surface area contributed by atoms with E-state index >= 15 is 0 Å². The van der Waals surface area contributed by atoms with E-state index in [0.717, 1.165) is 24.5 Å². The number of aromatic nitrogens is 1. The summed E-state index contributed by atoms with van der Waals surface area (Å²) < 4.78 is 5.64. The van der Waals surface area contributed by atoms with Gasteiger partial charge in [-0.05, 0) is 31.0 Å². The number of rotatable bonds is 3. The molecule has 6 nitrogen and oxygen atoms in total. The summed E-state index contributed by atoms with van der Waals surface area (Å²) in [5.74, 6) is 2.11. The molecule has 1 saturated heterocycles. The molecule has 136 valence electrons. The number of para-hydroxylation sites is 1. The average Bonchev–Trinajstić information content (AvgIpc) is 3.18. The number of fused-ring (bicyclic) bond motifs is 1. The number of pyridine rings is 1. The topological polar surface area (TPSA) is 66.5 Å². The number of urea groups is 1. The Hall–Kier alpha value is -2.47. The van der Waals surface area contributed by atoms with Crippen LogP contribution in [0.4, 0.5) is 16.4 Å². The molecule has 0 saturated carbocycles. The minimum absolute atomic E-state index is 0.140. The molecule has 1 atom stereocenters. The third kappa shape index (κ3) is 3.55. The number of hydrogen-bond acceptors (Lipinski definition) is 4. The first-order chi connectivity index (χ1) is 12.7. The van der Waals surface area contributed by atoms with E-state index in [-0.39, 0.29) is 12.1 Å². The lowest BCUT2D eigenvalue weighted by molar-refractivity contribution is 0.232. The SMILES string of the molecule is O=C(Nc1cccc(N2CCCC2)n1)N[C@H]1CCOc2c(Cl)cccc21. The normalized spacial score (nSPS) is 18.8. The van der Waals surface area contributed by atoms with Crippen molar-refractivity contribution in [1.82, 2.24) is 10.3 Å². The van der Waals surface area contributed by atoms with Gasteiger partial charge in [0.05, 0.1) is 17.7 Å². The zero-order valence-corrected chi connectivity index (χ0v) is 15.1. The first-order valence-electron chi connectivity index (χ1n) is 8.91. The highest BCUT2D eigenvalue weighted by Gasteiger charge is 2.25. The molecule has 26 heavy (non-hydrogen) atoms. The van der Waals surface area contributed by atoms with E-state index in [1.807, 2.05) is 24.3 Å². The molecule has 2 aromatic rings. The second kappa shape index (κ2) is 7.41. The molecule has 0 aliphatic carbocycles. The van der Waals surface area contributed by atoms with Crippen molar-refractivity contribution in [2.75, 3.05) is 29.9 Å². The maximum Gasteiger partial charge on any atom is 0.320 e. The predicted molar refractivity (Wildman–Crippen MR) is 102 cm³/mol. The van der Waals surface area contributed by atoms with Gasteiger partial charge in [-0.1, -0.05) is 29.8 Å². The molecule has 1 fully saturated rings. The molecule has 0 unspecified atom stereocenters. The lowest BCUT2D eigenvalue weighted by Gasteiger charge is -2.27. The van der Waals surface area contributed by atoms with Crippen LogP contribution in [0, 0.1) is 0 Å². The minimum atomic E-state index is -0.283. The first-order valence-corrected chi connectivity index (χ1v) is 9.29. The highest BCUT2D eigenvalue weighted by molar-refractivity contribution is 6.32. The summed E-state index contributed by atoms with van der Waals surface area (Å²) in [5.41, 5.74) is 0.901. The molecule has 0 spiro atoms. The fourth-order valence-electron chi connectivity index (χ4n) is 3.46. The van der Waals surface area contributed by atoms with Crippen molar-refractivity contribution in [1.29, 1.82) is 0 Å². The van der Waals surface area contributed by atoms with Gasteiger partial charge in [0.1, 0.15) is 17.4 Å². The third-order valence-corrected chi connectivity index (χ3v) is 5.03. The van der Waals surface area contributed by atoms with Gasteiger partial charge in [0.15, 0.2) is 0 Å². The minimum Gasteiger partial charge on any atom is -0.492 e. The number of nitrogens with zero attached hydrogens (tertiary/aromatic N) is 2. The maximum atomic E-state index is 12.5. The van der Waals surface area contributed by atoms with Crippen molar-refractivity contribution in [2.24, 2.45) is 0 Å². The van der Waals surface area contributed by atoms with Crippen LogP contribution in [0.25, 0.3) is 0 Å². The van der Waals surface area contributed by atoms with E-state index in [4.69, 9.17) is 16.3 Å². The van der Waals surface area contributed by atoms with Crippen LogP contribution in [0.5, 0.6) is 5.75 Å². The second-order valence-electron chi connectivity index (χ2n) is 6.52. The summed E-state index contributed by atoms with van der Waals surface area (Å²) in [6.07, 6.45) is 3.07. The van der Waals surface area contributed by atoms with Gasteiger partial charge in [0.2, 0.25) is 0 Å². The van der Waals surface area contributed by atoms with Crippen LogP contribution in [0.3, 0.4) is 0 Å². The molecule has 1 aromatic carbocycles. The number of carbonyl (C=O) groups excluding carboxylic acids is 1. The van der Waals surface area contributed by atoms with Gasteiger partial charge in [0.25, 0.3) is 0 Å². The number of benzene rings is 1. The van der Waals surface area contributed by atoms with Crippen LogP contribution >= 0.6 is 11.6 Å². The van der Waals surface area contributed by atoms with Crippen molar-refractivity contribution in [2.45, 2.75) is 25.3 Å². The number of ether oxygens (including phenoxy) is 1. The summed E-state index contributed by atoms with van der Waals surface area (Å²) in [5, 5.41) is 6.40. The van der Waals surface area contributed by atoms with Gasteiger partial charge < -0.3 is 15.0 Å². The number of anilines is 2. The van der Waals surface area contributed by atoms with Crippen LogP contribution in [-0.4, -0.2) is 30.7 Å². The molecule has 0 bridgehead atoms. The number of carbonyl (C=O) groups is 1. The molecule has 0 radical (unpaired) electrons. The van der Waals surface area contributed by atoms with E-state index in [1.54, 1.807) is 12.1 Å². The quantitative estimate of drug-likeness (QED) is 0.855. The van der Waals surface area contributed by atoms with E-state index < -0.39 is 0 Å². The fourth-order valence-corrected chi connectivity index (χ4v) is 3.70. The van der Waals surface area contributed by atoms with Crippen molar-refractivity contribution >= 4 is 29.3 Å². The van der Waals surface area contributed by atoms with Crippen molar-refractivity contribution in [3.63, 3.8) is 0 Å². The van der Waals surface area contributed by atoms with Crippen LogP contribution in [0.1, 0.15) is 30.9 Å². The van der Waals surface area contributed by atoms with Crippen LogP contribution < -0.4 is 20.3 Å². The molecule has 2 aliphatic heterocycles. The summed E-state index contributed by atoms with van der Waals surface area (Å²) in [4.78, 5) is 19.2. The largest absolute Gasteiger partial charge is 0.492 e. The molecule has 1 aromatic heterocycles. The van der Waals surface area contributed by atoms with Gasteiger partial charge in [-0.2, -0.15) is 0 Å². The number of hydrogen-bond donors (Lipinski definition) is 2. The van der Waals surface area contributed by atoms with Crippen molar-refractivity contribution < 1.29 is 9.53 Å². The Balaban J connectivity index is 1.44. The highest BCUT2D eigenvalue weighted by Crippen LogP contribution is 2.37. The molecule has 2 N–H and O–H groups in total. The average molecular weight is 373 g/mol. The zero-order valence-electron chi connectivity index (χ0n) is 14.4. The van der Waals surface area contributed by atoms with Crippen molar-refractivity contribution in [3.8, 4) is 5.75 Å². The Morgan fingerprint density at radius 1 is 1.19 bits per heavy atom. The predicted octanol–water partition coefficient (Wildman–Crippen LogP) is 3.98. The fraction of sp³-hybridized carbons (Fsp3) is 0.368. The molecule has 2 amide bonds. The monoisotopic (exact) mass is 372 g/mol. The Morgan fingerprint density at radius 3 is 2.85 bits per heavy atom. The Bertz CT molecular complexity index is 808. The van der Waals surface area contributed by atoms with E-state index in [0.29, 0.717) is 29.6 Å². The highest BCUT2D eigenvalue weighted by atomic mass is 35.5. The molecule has 4 rings (SSSR count). The van der Waals surface area contributed by atoms with Gasteiger partial charge in [-0.25, -0.2) is 9.78 Å². The number of amides is 2. The van der Waals surface area contributed by atoms with Crippen LogP contribution in [0.15, 0.2) is 36.4 Å². The van der Waals surface area contributed by atoms with E-state index in [9.17, 15) is 4.79 Å². The summed E-state index contributed by atoms with van der Waals surface area (Å²) in [6, 6.07) is 10.9. The van der Waals surface area contributed by atoms with E-state index in [2.05, 4.69) is 20.5 Å². The smallest absolute Gasteiger partial charge is 0.320 e. The summed E-state index contributed by atoms with van der Waals surface area (Å²) in [7, 11) is 0. The lowest BCUT2D eigenvalue weighted by atomic mass is 10.0. The van der Waals surface area contributed by atoms with Crippen LogP contribution in [-0.2, 0) is 0 Å². The van der Waals surface area contributed by atoms with E-state index in [1.165, 1.54) is 12.8 Å².